The molecule has 0 aliphatic heterocycles. The fourth-order valence-electron chi connectivity index (χ4n) is 6.38. The van der Waals surface area contributed by atoms with Crippen molar-refractivity contribution >= 4 is 65.5 Å². The summed E-state index contributed by atoms with van der Waals surface area (Å²) >= 11 is 0. The minimum atomic E-state index is -0.327. The second-order valence-electron chi connectivity index (χ2n) is 10.5. The van der Waals surface area contributed by atoms with E-state index in [0.717, 1.165) is 71.3 Å². The van der Waals surface area contributed by atoms with E-state index >= 15 is 0 Å². The van der Waals surface area contributed by atoms with Gasteiger partial charge in [-0.3, -0.25) is 0 Å². The summed E-state index contributed by atoms with van der Waals surface area (Å²) in [5.74, 6) is 0. The molecule has 0 fully saturated rings. The van der Waals surface area contributed by atoms with Gasteiger partial charge < -0.3 is 13.4 Å². The first-order valence-corrected chi connectivity index (χ1v) is 13.6. The maximum absolute atomic E-state index is 13.1. The summed E-state index contributed by atoms with van der Waals surface area (Å²) in [5.41, 5.74) is 7.26. The van der Waals surface area contributed by atoms with Crippen LogP contribution in [0.1, 0.15) is 0 Å². The highest BCUT2D eigenvalue weighted by Gasteiger charge is 2.17. The van der Waals surface area contributed by atoms with Gasteiger partial charge in [0.05, 0.1) is 16.4 Å². The molecule has 0 saturated heterocycles. The van der Waals surface area contributed by atoms with Crippen molar-refractivity contribution in [2.24, 2.45) is 0 Å². The molecule has 4 heteroatoms. The number of para-hydroxylation sites is 4. The van der Waals surface area contributed by atoms with E-state index in [1.54, 1.807) is 0 Å². The fourth-order valence-corrected chi connectivity index (χ4v) is 6.38. The highest BCUT2D eigenvalue weighted by molar-refractivity contribution is 6.17. The maximum Gasteiger partial charge on any atom is 0.344 e. The van der Waals surface area contributed by atoms with Gasteiger partial charge in [-0.05, 0) is 48.0 Å². The van der Waals surface area contributed by atoms with E-state index in [9.17, 15) is 4.79 Å². The van der Waals surface area contributed by atoms with Crippen molar-refractivity contribution in [3.8, 4) is 16.8 Å². The molecule has 4 nitrogen and oxygen atoms in total. The van der Waals surface area contributed by atoms with Crippen LogP contribution in [0.4, 0.5) is 0 Å². The predicted molar refractivity (Wildman–Crippen MR) is 167 cm³/mol. The quantitative estimate of drug-likeness (QED) is 0.166. The molecule has 6 aromatic carbocycles. The summed E-state index contributed by atoms with van der Waals surface area (Å²) in [4.78, 5) is 13.1. The van der Waals surface area contributed by atoms with Crippen LogP contribution in [0, 0.1) is 0 Å². The Balaban J connectivity index is 1.28. The number of benzene rings is 6. The second-order valence-corrected chi connectivity index (χ2v) is 10.5. The molecule has 9 rings (SSSR count). The molecular weight excluding hydrogens is 506 g/mol. The Hall–Kier alpha value is -5.61. The smallest absolute Gasteiger partial charge is 0.344 e. The number of hydrogen-bond acceptors (Lipinski definition) is 3. The van der Waals surface area contributed by atoms with Gasteiger partial charge in [0.1, 0.15) is 16.7 Å². The normalized spacial score (nSPS) is 12.0. The predicted octanol–water partition coefficient (Wildman–Crippen LogP) is 9.61. The summed E-state index contributed by atoms with van der Waals surface area (Å²) in [7, 11) is 0. The van der Waals surface area contributed by atoms with Crippen LogP contribution >= 0.6 is 0 Å². The molecule has 3 aromatic heterocycles. The van der Waals surface area contributed by atoms with Gasteiger partial charge in [-0.1, -0.05) is 84.9 Å². The summed E-state index contributed by atoms with van der Waals surface area (Å²) < 4.78 is 14.2. The summed E-state index contributed by atoms with van der Waals surface area (Å²) in [6, 6.07) is 43.2. The Labute approximate surface area is 233 Å². The van der Waals surface area contributed by atoms with E-state index in [1.807, 2.05) is 48.5 Å². The van der Waals surface area contributed by atoms with Crippen molar-refractivity contribution in [3.63, 3.8) is 0 Å². The zero-order valence-electron chi connectivity index (χ0n) is 21.8. The largest absolute Gasteiger partial charge is 0.455 e. The Morgan fingerprint density at radius 1 is 0.463 bits per heavy atom. The second kappa shape index (κ2) is 8.20. The average molecular weight is 528 g/mol. The lowest BCUT2D eigenvalue weighted by atomic mass is 10.0. The molecule has 0 bridgehead atoms. The van der Waals surface area contributed by atoms with Gasteiger partial charge in [-0.2, -0.15) is 0 Å². The van der Waals surface area contributed by atoms with Crippen LogP contribution in [0.3, 0.4) is 0 Å². The Bertz CT molecular complexity index is 2550. The van der Waals surface area contributed by atoms with Crippen LogP contribution in [0.2, 0.25) is 0 Å². The minimum Gasteiger partial charge on any atom is -0.455 e. The number of rotatable bonds is 2. The molecule has 41 heavy (non-hydrogen) atoms. The summed E-state index contributed by atoms with van der Waals surface area (Å²) in [5, 5.41) is 6.89. The molecule has 0 radical (unpaired) electrons. The number of nitrogens with zero attached hydrogens (tertiary/aromatic N) is 1. The van der Waals surface area contributed by atoms with Crippen molar-refractivity contribution in [1.82, 2.24) is 4.57 Å². The molecule has 0 aliphatic rings. The van der Waals surface area contributed by atoms with E-state index in [2.05, 4.69) is 83.4 Å². The Morgan fingerprint density at radius 2 is 1.12 bits per heavy atom. The Kier molecular flexibility index (Phi) is 4.44. The van der Waals surface area contributed by atoms with Crippen molar-refractivity contribution < 1.29 is 8.83 Å². The van der Waals surface area contributed by atoms with Crippen LogP contribution in [0.15, 0.2) is 141 Å². The van der Waals surface area contributed by atoms with Crippen molar-refractivity contribution in [2.45, 2.75) is 0 Å². The monoisotopic (exact) mass is 527 g/mol. The molecule has 0 saturated carbocycles. The molecule has 0 spiro atoms. The van der Waals surface area contributed by atoms with Gasteiger partial charge in [0.2, 0.25) is 0 Å². The lowest BCUT2D eigenvalue weighted by Crippen LogP contribution is -2.00. The molecule has 0 aliphatic carbocycles. The topological polar surface area (TPSA) is 48.3 Å². The third-order valence-corrected chi connectivity index (χ3v) is 8.25. The molecule has 9 aromatic rings. The maximum atomic E-state index is 13.1. The average Bonchev–Trinajstić information content (AvgIpc) is 3.56. The number of hydrogen-bond donors (Lipinski definition) is 0. The molecule has 0 atom stereocenters. The lowest BCUT2D eigenvalue weighted by molar-refractivity contribution is 0.570. The van der Waals surface area contributed by atoms with Crippen LogP contribution in [-0.4, -0.2) is 4.57 Å². The third-order valence-electron chi connectivity index (χ3n) is 8.25. The molecule has 0 unspecified atom stereocenters. The zero-order valence-corrected chi connectivity index (χ0v) is 21.8. The standard InChI is InChI=1S/C37H21NO3/c39-37-31-21-33-30(20-29(31)27-10-3-6-15-35(27)41-37)25-8-1-4-13-32(25)38(33)23-18-16-22(17-19-23)24-11-7-12-28-26-9-2-5-14-34(26)40-36(24)28/h1-21H. The van der Waals surface area contributed by atoms with Crippen LogP contribution < -0.4 is 5.63 Å². The molecule has 192 valence electrons. The van der Waals surface area contributed by atoms with E-state index in [4.69, 9.17) is 8.83 Å². The molecule has 0 N–H and O–H groups in total. The number of aromatic nitrogens is 1. The van der Waals surface area contributed by atoms with Crippen molar-refractivity contribution in [2.75, 3.05) is 0 Å². The fraction of sp³-hybridized carbons (Fsp3) is 0. The Morgan fingerprint density at radius 3 is 1.93 bits per heavy atom. The molecular formula is C37H21NO3. The minimum absolute atomic E-state index is 0.327. The van der Waals surface area contributed by atoms with Crippen molar-refractivity contribution in [1.29, 1.82) is 0 Å². The van der Waals surface area contributed by atoms with Gasteiger partial charge in [0.15, 0.2) is 0 Å². The number of furan rings is 1. The first-order valence-electron chi connectivity index (χ1n) is 13.6. The van der Waals surface area contributed by atoms with E-state index in [1.165, 1.54) is 0 Å². The van der Waals surface area contributed by atoms with Gasteiger partial charge in [0.25, 0.3) is 0 Å². The van der Waals surface area contributed by atoms with Gasteiger partial charge >= 0.3 is 5.63 Å². The highest BCUT2D eigenvalue weighted by atomic mass is 16.4. The van der Waals surface area contributed by atoms with Crippen LogP contribution in [0.25, 0.3) is 82.3 Å². The SMILES string of the molecule is O=c1oc2ccccc2c2cc3c4ccccc4n(-c4ccc(-c5cccc6c5oc5ccccc56)cc4)c3cc12. The summed E-state index contributed by atoms with van der Waals surface area (Å²) in [6.07, 6.45) is 0. The summed E-state index contributed by atoms with van der Waals surface area (Å²) in [6.45, 7) is 0. The third kappa shape index (κ3) is 3.13. The highest BCUT2D eigenvalue weighted by Crippen LogP contribution is 2.38. The zero-order chi connectivity index (χ0) is 27.1. The van der Waals surface area contributed by atoms with Crippen molar-refractivity contribution in [3.05, 3.63) is 138 Å². The van der Waals surface area contributed by atoms with Gasteiger partial charge in [-0.25, -0.2) is 4.79 Å². The molecule has 3 heterocycles. The first-order chi connectivity index (χ1) is 20.2. The number of fused-ring (bicyclic) bond motifs is 9. The lowest BCUT2D eigenvalue weighted by Gasteiger charge is -2.10. The van der Waals surface area contributed by atoms with Crippen LogP contribution in [-0.2, 0) is 0 Å². The van der Waals surface area contributed by atoms with E-state index < -0.39 is 0 Å². The molecule has 0 amide bonds. The van der Waals surface area contributed by atoms with Gasteiger partial charge in [-0.15, -0.1) is 0 Å². The van der Waals surface area contributed by atoms with E-state index in [0.29, 0.717) is 11.0 Å². The first kappa shape index (κ1) is 22.2. The van der Waals surface area contributed by atoms with Crippen LogP contribution in [0.5, 0.6) is 0 Å². The van der Waals surface area contributed by atoms with Gasteiger partial charge in [0, 0.05) is 43.6 Å². The van der Waals surface area contributed by atoms with E-state index in [-0.39, 0.29) is 5.63 Å².